The molecule has 0 saturated carbocycles. The standard InChI is InChI=1S/C22H26F3N3O3/c23-22(24,25)19-2-4-20(5-3-19)31-17-21(29)28(16-18-6-8-26-9-7-18)11-1-10-27-12-14-30-15-13-27/h2-9H,1,10-17H2. The highest BCUT2D eigenvalue weighted by Crippen LogP contribution is 2.30. The molecule has 0 spiro atoms. The Morgan fingerprint density at radius 2 is 1.77 bits per heavy atom. The number of ether oxygens (including phenoxy) is 2. The first-order chi connectivity index (χ1) is 14.9. The van der Waals surface area contributed by atoms with E-state index in [0.29, 0.717) is 13.1 Å². The van der Waals surface area contributed by atoms with Gasteiger partial charge in [-0.1, -0.05) is 0 Å². The highest BCUT2D eigenvalue weighted by molar-refractivity contribution is 5.77. The van der Waals surface area contributed by atoms with Crippen molar-refractivity contribution in [2.75, 3.05) is 46.0 Å². The molecule has 1 aromatic heterocycles. The Bertz CT molecular complexity index is 810. The quantitative estimate of drug-likeness (QED) is 0.603. The van der Waals surface area contributed by atoms with E-state index in [9.17, 15) is 18.0 Å². The molecule has 1 fully saturated rings. The number of carbonyl (C=O) groups is 1. The predicted octanol–water partition coefficient (Wildman–Crippen LogP) is 3.23. The van der Waals surface area contributed by atoms with Crippen LogP contribution >= 0.6 is 0 Å². The predicted molar refractivity (Wildman–Crippen MR) is 108 cm³/mol. The van der Waals surface area contributed by atoms with Crippen LogP contribution in [0.1, 0.15) is 17.5 Å². The van der Waals surface area contributed by atoms with E-state index in [1.165, 1.54) is 12.1 Å². The number of halogens is 3. The lowest BCUT2D eigenvalue weighted by Crippen LogP contribution is -2.40. The number of amides is 1. The Morgan fingerprint density at radius 1 is 1.10 bits per heavy atom. The van der Waals surface area contributed by atoms with Crippen LogP contribution in [0.3, 0.4) is 0 Å². The van der Waals surface area contributed by atoms with E-state index in [2.05, 4.69) is 9.88 Å². The number of rotatable bonds is 9. The summed E-state index contributed by atoms with van der Waals surface area (Å²) in [4.78, 5) is 20.8. The molecule has 1 aromatic carbocycles. The van der Waals surface area contributed by atoms with Crippen molar-refractivity contribution < 1.29 is 27.4 Å². The molecule has 0 radical (unpaired) electrons. The van der Waals surface area contributed by atoms with Crippen molar-refractivity contribution in [3.05, 3.63) is 59.9 Å². The zero-order chi connectivity index (χ0) is 22.1. The Balaban J connectivity index is 1.55. The molecule has 0 unspecified atom stereocenters. The lowest BCUT2D eigenvalue weighted by molar-refractivity contribution is -0.138. The maximum atomic E-state index is 12.8. The lowest BCUT2D eigenvalue weighted by Gasteiger charge is -2.28. The molecule has 168 valence electrons. The van der Waals surface area contributed by atoms with Gasteiger partial charge in [-0.2, -0.15) is 13.2 Å². The summed E-state index contributed by atoms with van der Waals surface area (Å²) in [5.41, 5.74) is 0.192. The molecule has 1 saturated heterocycles. The number of aromatic nitrogens is 1. The molecule has 0 bridgehead atoms. The number of pyridine rings is 1. The molecule has 9 heteroatoms. The van der Waals surface area contributed by atoms with Gasteiger partial charge in [-0.3, -0.25) is 14.7 Å². The maximum absolute atomic E-state index is 12.8. The van der Waals surface area contributed by atoms with Crippen LogP contribution in [-0.4, -0.2) is 66.7 Å². The van der Waals surface area contributed by atoms with Gasteiger partial charge in [-0.15, -0.1) is 0 Å². The van der Waals surface area contributed by atoms with Crippen LogP contribution in [0.25, 0.3) is 0 Å². The molecule has 31 heavy (non-hydrogen) atoms. The summed E-state index contributed by atoms with van der Waals surface area (Å²) in [5, 5.41) is 0. The van der Waals surface area contributed by atoms with Gasteiger partial charge in [0.1, 0.15) is 5.75 Å². The minimum absolute atomic E-state index is 0.221. The number of morpholine rings is 1. The third-order valence-corrected chi connectivity index (χ3v) is 5.03. The largest absolute Gasteiger partial charge is 0.484 e. The van der Waals surface area contributed by atoms with Gasteiger partial charge in [0.15, 0.2) is 6.61 Å². The third kappa shape index (κ3) is 7.52. The van der Waals surface area contributed by atoms with Crippen LogP contribution in [0.4, 0.5) is 13.2 Å². The summed E-state index contributed by atoms with van der Waals surface area (Å²) in [6.45, 7) is 4.80. The van der Waals surface area contributed by atoms with Gasteiger partial charge in [0.2, 0.25) is 0 Å². The zero-order valence-corrected chi connectivity index (χ0v) is 17.2. The van der Waals surface area contributed by atoms with Crippen molar-refractivity contribution in [2.45, 2.75) is 19.1 Å². The molecule has 2 aromatic rings. The monoisotopic (exact) mass is 437 g/mol. The molecule has 0 aliphatic carbocycles. The molecule has 3 rings (SSSR count). The SMILES string of the molecule is O=C(COc1ccc(C(F)(F)F)cc1)N(CCCN1CCOCC1)Cc1ccncc1. The van der Waals surface area contributed by atoms with E-state index in [1.807, 2.05) is 12.1 Å². The normalized spacial score (nSPS) is 14.9. The first kappa shape index (κ1) is 23.0. The number of hydrogen-bond donors (Lipinski definition) is 0. The Morgan fingerprint density at radius 3 is 2.42 bits per heavy atom. The van der Waals surface area contributed by atoms with E-state index >= 15 is 0 Å². The number of benzene rings is 1. The van der Waals surface area contributed by atoms with Gasteiger partial charge in [-0.05, 0) is 48.4 Å². The van der Waals surface area contributed by atoms with E-state index in [4.69, 9.17) is 9.47 Å². The van der Waals surface area contributed by atoms with Gasteiger partial charge in [0, 0.05) is 45.1 Å². The van der Waals surface area contributed by atoms with Crippen molar-refractivity contribution in [1.29, 1.82) is 0 Å². The van der Waals surface area contributed by atoms with Gasteiger partial charge < -0.3 is 14.4 Å². The Labute approximate surface area is 179 Å². The molecule has 1 aliphatic rings. The van der Waals surface area contributed by atoms with Crippen LogP contribution in [0, 0.1) is 0 Å². The fourth-order valence-electron chi connectivity index (χ4n) is 3.29. The van der Waals surface area contributed by atoms with Crippen LogP contribution in [0.15, 0.2) is 48.8 Å². The fourth-order valence-corrected chi connectivity index (χ4v) is 3.29. The summed E-state index contributed by atoms with van der Waals surface area (Å²) in [5.74, 6) is -0.00258. The van der Waals surface area contributed by atoms with Crippen LogP contribution in [-0.2, 0) is 22.3 Å². The highest BCUT2D eigenvalue weighted by Gasteiger charge is 2.30. The summed E-state index contributed by atoms with van der Waals surface area (Å²) < 4.78 is 48.9. The van der Waals surface area contributed by atoms with E-state index < -0.39 is 11.7 Å². The molecule has 2 heterocycles. The topological polar surface area (TPSA) is 54.9 Å². The van der Waals surface area contributed by atoms with E-state index in [-0.39, 0.29) is 18.3 Å². The van der Waals surface area contributed by atoms with E-state index in [1.54, 1.807) is 17.3 Å². The Hall–Kier alpha value is -2.65. The average molecular weight is 437 g/mol. The number of hydrogen-bond acceptors (Lipinski definition) is 5. The zero-order valence-electron chi connectivity index (χ0n) is 17.2. The highest BCUT2D eigenvalue weighted by atomic mass is 19.4. The lowest BCUT2D eigenvalue weighted by atomic mass is 10.2. The first-order valence-electron chi connectivity index (χ1n) is 10.2. The minimum Gasteiger partial charge on any atom is -0.484 e. The van der Waals surface area contributed by atoms with Crippen molar-refractivity contribution in [3.63, 3.8) is 0 Å². The molecule has 6 nitrogen and oxygen atoms in total. The van der Waals surface area contributed by atoms with E-state index in [0.717, 1.165) is 57.0 Å². The first-order valence-corrected chi connectivity index (χ1v) is 10.2. The van der Waals surface area contributed by atoms with Gasteiger partial charge >= 0.3 is 6.18 Å². The van der Waals surface area contributed by atoms with Crippen LogP contribution in [0.2, 0.25) is 0 Å². The second-order valence-electron chi connectivity index (χ2n) is 7.29. The molecular weight excluding hydrogens is 411 g/mol. The molecule has 0 N–H and O–H groups in total. The fraction of sp³-hybridized carbons (Fsp3) is 0.455. The van der Waals surface area contributed by atoms with Crippen molar-refractivity contribution >= 4 is 5.91 Å². The van der Waals surface area contributed by atoms with Crippen molar-refractivity contribution in [2.24, 2.45) is 0 Å². The minimum atomic E-state index is -4.41. The van der Waals surface area contributed by atoms with Crippen LogP contribution in [0.5, 0.6) is 5.75 Å². The third-order valence-electron chi connectivity index (χ3n) is 5.03. The van der Waals surface area contributed by atoms with Crippen LogP contribution < -0.4 is 4.74 Å². The van der Waals surface area contributed by atoms with Gasteiger partial charge in [0.25, 0.3) is 5.91 Å². The van der Waals surface area contributed by atoms with Gasteiger partial charge in [0.05, 0.1) is 18.8 Å². The number of nitrogens with zero attached hydrogens (tertiary/aromatic N) is 3. The second-order valence-corrected chi connectivity index (χ2v) is 7.29. The molecule has 1 aliphatic heterocycles. The number of carbonyl (C=O) groups excluding carboxylic acids is 1. The molecule has 1 amide bonds. The van der Waals surface area contributed by atoms with Gasteiger partial charge in [-0.25, -0.2) is 0 Å². The molecule has 0 atom stereocenters. The molecular formula is C22H26F3N3O3. The summed E-state index contributed by atoms with van der Waals surface area (Å²) in [7, 11) is 0. The van der Waals surface area contributed by atoms with Crippen molar-refractivity contribution in [1.82, 2.24) is 14.8 Å². The smallest absolute Gasteiger partial charge is 0.416 e. The Kier molecular flexibility index (Phi) is 8.25. The summed E-state index contributed by atoms with van der Waals surface area (Å²) in [6.07, 6.45) is -0.262. The summed E-state index contributed by atoms with van der Waals surface area (Å²) >= 11 is 0. The van der Waals surface area contributed by atoms with Crippen molar-refractivity contribution in [3.8, 4) is 5.75 Å². The summed E-state index contributed by atoms with van der Waals surface area (Å²) in [6, 6.07) is 8.02. The second kappa shape index (κ2) is 11.1. The maximum Gasteiger partial charge on any atom is 0.416 e. The average Bonchev–Trinajstić information content (AvgIpc) is 2.78. The number of alkyl halides is 3.